The first-order valence-electron chi connectivity index (χ1n) is 7.27. The second-order valence-electron chi connectivity index (χ2n) is 4.67. The highest BCUT2D eigenvalue weighted by molar-refractivity contribution is 5.55. The third kappa shape index (κ3) is 4.88. The summed E-state index contributed by atoms with van der Waals surface area (Å²) in [4.78, 5) is 7.90. The summed E-state index contributed by atoms with van der Waals surface area (Å²) in [6, 6.07) is 3.72. The molecule has 1 heterocycles. The van der Waals surface area contributed by atoms with E-state index in [9.17, 15) is 0 Å². The van der Waals surface area contributed by atoms with Crippen molar-refractivity contribution < 1.29 is 19.3 Å². The molecule has 0 spiro atoms. The molecule has 0 aliphatic heterocycles. The zero-order valence-corrected chi connectivity index (χ0v) is 14.4. The van der Waals surface area contributed by atoms with Gasteiger partial charge in [-0.3, -0.25) is 0 Å². The predicted molar refractivity (Wildman–Crippen MR) is 92.5 cm³/mol. The summed E-state index contributed by atoms with van der Waals surface area (Å²) < 4.78 is 15.9. The maximum absolute atomic E-state index is 7.57. The first-order valence-corrected chi connectivity index (χ1v) is 7.27. The van der Waals surface area contributed by atoms with Gasteiger partial charge in [0.2, 0.25) is 11.7 Å². The predicted octanol–water partition coefficient (Wildman–Crippen LogP) is 1.26. The highest BCUT2D eigenvalue weighted by Crippen LogP contribution is 2.38. The van der Waals surface area contributed by atoms with Crippen LogP contribution in [0, 0.1) is 0 Å². The van der Waals surface area contributed by atoms with Gasteiger partial charge in [-0.05, 0) is 24.6 Å². The average Bonchev–Trinajstić information content (AvgIpc) is 2.57. The first kappa shape index (κ1) is 19.3. The van der Waals surface area contributed by atoms with Crippen LogP contribution in [-0.4, -0.2) is 43.0 Å². The number of anilines is 2. The Labute approximate surface area is 141 Å². The van der Waals surface area contributed by atoms with Crippen molar-refractivity contribution in [2.24, 2.45) is 0 Å². The number of benzene rings is 1. The molecule has 2 rings (SSSR count). The maximum atomic E-state index is 7.57. The number of hydrogen-bond acceptors (Lipinski definition) is 8. The second kappa shape index (κ2) is 9.41. The molecule has 0 amide bonds. The molecule has 8 heteroatoms. The van der Waals surface area contributed by atoms with Crippen molar-refractivity contribution in [1.82, 2.24) is 9.97 Å². The van der Waals surface area contributed by atoms with E-state index < -0.39 is 0 Å². The van der Waals surface area contributed by atoms with Crippen molar-refractivity contribution >= 4 is 11.8 Å². The van der Waals surface area contributed by atoms with Crippen LogP contribution in [0.15, 0.2) is 18.3 Å². The summed E-state index contributed by atoms with van der Waals surface area (Å²) in [7, 11) is 4.70. The Morgan fingerprint density at radius 1 is 1.04 bits per heavy atom. The Morgan fingerprint density at radius 3 is 2.00 bits per heavy atom. The smallest absolute Gasteiger partial charge is 0.221 e. The van der Waals surface area contributed by atoms with E-state index in [0.29, 0.717) is 29.5 Å². The fraction of sp³-hybridized carbons (Fsp3) is 0.375. The molecule has 2 aromatic rings. The van der Waals surface area contributed by atoms with Gasteiger partial charge in [0.05, 0.1) is 21.3 Å². The molecular weight excluding hydrogens is 312 g/mol. The van der Waals surface area contributed by atoms with Gasteiger partial charge in [-0.25, -0.2) is 4.98 Å². The van der Waals surface area contributed by atoms with Gasteiger partial charge in [0.25, 0.3) is 0 Å². The Balaban J connectivity index is 0.000000891. The lowest BCUT2D eigenvalue weighted by molar-refractivity contribution is 0.318. The summed E-state index contributed by atoms with van der Waals surface area (Å²) in [5.74, 6) is 2.23. The topological polar surface area (TPSA) is 126 Å². The Hall–Kier alpha value is -2.74. The molecule has 8 nitrogen and oxygen atoms in total. The second-order valence-corrected chi connectivity index (χ2v) is 4.67. The summed E-state index contributed by atoms with van der Waals surface area (Å²) in [5.41, 5.74) is 13.1. The molecule has 0 aliphatic rings. The van der Waals surface area contributed by atoms with Crippen LogP contribution in [0.4, 0.5) is 11.8 Å². The summed E-state index contributed by atoms with van der Waals surface area (Å²) >= 11 is 0. The van der Waals surface area contributed by atoms with Crippen molar-refractivity contribution in [3.8, 4) is 17.2 Å². The molecule has 5 N–H and O–H groups in total. The van der Waals surface area contributed by atoms with Crippen LogP contribution in [0.25, 0.3) is 0 Å². The van der Waals surface area contributed by atoms with E-state index in [2.05, 4.69) is 9.97 Å². The molecule has 1 aromatic carbocycles. The van der Waals surface area contributed by atoms with Gasteiger partial charge in [-0.2, -0.15) is 4.98 Å². The molecule has 24 heavy (non-hydrogen) atoms. The number of hydrogen-bond donors (Lipinski definition) is 3. The number of rotatable bonds is 5. The number of nitrogens with zero attached hydrogens (tertiary/aromatic N) is 2. The van der Waals surface area contributed by atoms with Crippen molar-refractivity contribution in [3.63, 3.8) is 0 Å². The molecule has 0 radical (unpaired) electrons. The normalized spacial score (nSPS) is 9.71. The molecule has 1 aromatic heterocycles. The fourth-order valence-corrected chi connectivity index (χ4v) is 2.03. The molecule has 0 bridgehead atoms. The van der Waals surface area contributed by atoms with E-state index in [0.717, 1.165) is 11.1 Å². The highest BCUT2D eigenvalue weighted by atomic mass is 16.5. The lowest BCUT2D eigenvalue weighted by Crippen LogP contribution is -2.04. The third-order valence-electron chi connectivity index (χ3n) is 3.04. The van der Waals surface area contributed by atoms with Crippen LogP contribution < -0.4 is 25.7 Å². The summed E-state index contributed by atoms with van der Waals surface area (Å²) in [5, 5.41) is 7.57. The van der Waals surface area contributed by atoms with E-state index in [1.165, 1.54) is 0 Å². The lowest BCUT2D eigenvalue weighted by Gasteiger charge is -2.14. The minimum atomic E-state index is 0.154. The number of aromatic nitrogens is 2. The third-order valence-corrected chi connectivity index (χ3v) is 3.04. The summed E-state index contributed by atoms with van der Waals surface area (Å²) in [6.07, 6.45) is 2.14. The fourth-order valence-electron chi connectivity index (χ4n) is 2.03. The van der Waals surface area contributed by atoms with Gasteiger partial charge >= 0.3 is 0 Å². The van der Waals surface area contributed by atoms with Crippen molar-refractivity contribution in [2.45, 2.75) is 13.3 Å². The zero-order valence-electron chi connectivity index (χ0n) is 14.4. The molecule has 0 atom stereocenters. The molecule has 0 saturated heterocycles. The van der Waals surface area contributed by atoms with Crippen LogP contribution in [0.2, 0.25) is 0 Å². The van der Waals surface area contributed by atoms with E-state index in [1.54, 1.807) is 34.4 Å². The van der Waals surface area contributed by atoms with E-state index in [4.69, 9.17) is 30.8 Å². The van der Waals surface area contributed by atoms with Crippen LogP contribution in [0.3, 0.4) is 0 Å². The van der Waals surface area contributed by atoms with Gasteiger partial charge < -0.3 is 30.8 Å². The zero-order chi connectivity index (χ0) is 18.1. The van der Waals surface area contributed by atoms with Gasteiger partial charge in [0, 0.05) is 24.8 Å². The Morgan fingerprint density at radius 2 is 1.58 bits per heavy atom. The monoisotopic (exact) mass is 336 g/mol. The van der Waals surface area contributed by atoms with Crippen LogP contribution >= 0.6 is 0 Å². The van der Waals surface area contributed by atoms with Gasteiger partial charge in [0.1, 0.15) is 5.82 Å². The van der Waals surface area contributed by atoms with E-state index in [-0.39, 0.29) is 12.6 Å². The van der Waals surface area contributed by atoms with E-state index >= 15 is 0 Å². The minimum absolute atomic E-state index is 0.154. The largest absolute Gasteiger partial charge is 0.493 e. The quantitative estimate of drug-likeness (QED) is 0.745. The minimum Gasteiger partial charge on any atom is -0.493 e. The average molecular weight is 336 g/mol. The number of aliphatic hydroxyl groups is 1. The molecule has 0 unspecified atom stereocenters. The van der Waals surface area contributed by atoms with Gasteiger partial charge in [-0.1, -0.05) is 0 Å². The van der Waals surface area contributed by atoms with Gasteiger partial charge in [-0.15, -0.1) is 0 Å². The van der Waals surface area contributed by atoms with Crippen LogP contribution in [0.1, 0.15) is 18.1 Å². The maximum Gasteiger partial charge on any atom is 0.221 e. The van der Waals surface area contributed by atoms with Crippen LogP contribution in [0.5, 0.6) is 17.2 Å². The number of ether oxygens (including phenoxy) is 3. The molecule has 0 aliphatic carbocycles. The number of nitrogen functional groups attached to an aromatic ring is 2. The van der Waals surface area contributed by atoms with Crippen molar-refractivity contribution in [2.75, 3.05) is 39.4 Å². The van der Waals surface area contributed by atoms with Gasteiger partial charge in [0.15, 0.2) is 11.5 Å². The van der Waals surface area contributed by atoms with Crippen LogP contribution in [-0.2, 0) is 6.42 Å². The first-order chi connectivity index (χ1) is 11.5. The van der Waals surface area contributed by atoms with E-state index in [1.807, 2.05) is 12.1 Å². The Bertz CT molecular complexity index is 640. The highest BCUT2D eigenvalue weighted by Gasteiger charge is 2.14. The number of methoxy groups -OCH3 is 3. The number of nitrogens with two attached hydrogens (primary N) is 2. The summed E-state index contributed by atoms with van der Waals surface area (Å²) in [6.45, 7) is 1.93. The molecule has 0 saturated carbocycles. The van der Waals surface area contributed by atoms with Crippen molar-refractivity contribution in [1.29, 1.82) is 0 Å². The standard InChI is InChI=1S/C14H18N4O3.C2H6O/c1-19-10-5-8(6-11(20-2)12(10)21-3)4-9-7-17-14(16)18-13(9)15;1-2-3/h5-7H,4H2,1-3H3,(H4,15,16,17,18);3H,2H2,1H3. The molecular formula is C16H24N4O4. The number of aliphatic hydroxyl groups excluding tert-OH is 1. The lowest BCUT2D eigenvalue weighted by atomic mass is 10.1. The molecule has 132 valence electrons. The SMILES string of the molecule is CCO.COc1cc(Cc2cnc(N)nc2N)cc(OC)c1OC. The molecule has 0 fully saturated rings. The van der Waals surface area contributed by atoms with Crippen molar-refractivity contribution in [3.05, 3.63) is 29.5 Å². The Kier molecular flexibility index (Phi) is 7.57.